The summed E-state index contributed by atoms with van der Waals surface area (Å²) in [6.45, 7) is 9.27. The molecular weight excluding hydrogens is 440 g/mol. The summed E-state index contributed by atoms with van der Waals surface area (Å²) in [5.41, 5.74) is 13.1. The van der Waals surface area contributed by atoms with Gasteiger partial charge in [0.2, 0.25) is 11.8 Å². The molecule has 0 saturated carbocycles. The van der Waals surface area contributed by atoms with Crippen molar-refractivity contribution in [3.8, 4) is 10.4 Å². The number of azide groups is 1. The van der Waals surface area contributed by atoms with Crippen LogP contribution in [0.4, 0.5) is 0 Å². The molecule has 10 heteroatoms. The average Bonchev–Trinajstić information content (AvgIpc) is 3.36. The van der Waals surface area contributed by atoms with E-state index in [-0.39, 0.29) is 24.9 Å². The number of benzene rings is 1. The highest BCUT2D eigenvalue weighted by atomic mass is 32.1. The van der Waals surface area contributed by atoms with Crippen LogP contribution in [-0.2, 0) is 9.59 Å². The van der Waals surface area contributed by atoms with Gasteiger partial charge in [-0.3, -0.25) is 9.59 Å². The summed E-state index contributed by atoms with van der Waals surface area (Å²) < 4.78 is 0. The molecule has 3 rings (SSSR count). The molecule has 1 aliphatic rings. The minimum atomic E-state index is -0.969. The first-order valence-corrected chi connectivity index (χ1v) is 11.7. The number of aryl methyl sites for hydroxylation is 1. The van der Waals surface area contributed by atoms with Crippen molar-refractivity contribution in [2.24, 2.45) is 10.5 Å². The van der Waals surface area contributed by atoms with E-state index >= 15 is 0 Å². The summed E-state index contributed by atoms with van der Waals surface area (Å²) in [5.74, 6) is -0.794. The van der Waals surface area contributed by atoms with Gasteiger partial charge in [0.25, 0.3) is 0 Å². The first-order chi connectivity index (χ1) is 15.5. The Morgan fingerprint density at radius 3 is 2.55 bits per heavy atom. The summed E-state index contributed by atoms with van der Waals surface area (Å²) in [7, 11) is 0. The number of nitrogens with zero attached hydrogens (tertiary/aromatic N) is 5. The number of aliphatic hydroxyl groups excluding tert-OH is 1. The van der Waals surface area contributed by atoms with Gasteiger partial charge in [-0.25, -0.2) is 4.98 Å². The molecule has 9 nitrogen and oxygen atoms in total. The largest absolute Gasteiger partial charge is 0.391 e. The molecule has 0 aliphatic carbocycles. The number of nitrogens with one attached hydrogen (secondary N) is 1. The quantitative estimate of drug-likeness (QED) is 0.375. The zero-order chi connectivity index (χ0) is 24.3. The minimum Gasteiger partial charge on any atom is -0.391 e. The van der Waals surface area contributed by atoms with E-state index < -0.39 is 29.5 Å². The van der Waals surface area contributed by atoms with Crippen LogP contribution in [0.1, 0.15) is 51.4 Å². The van der Waals surface area contributed by atoms with E-state index in [1.54, 1.807) is 32.1 Å². The summed E-state index contributed by atoms with van der Waals surface area (Å²) in [4.78, 5) is 35.8. The van der Waals surface area contributed by atoms with Gasteiger partial charge in [-0.2, -0.15) is 0 Å². The van der Waals surface area contributed by atoms with E-state index in [9.17, 15) is 14.7 Å². The Morgan fingerprint density at radius 1 is 1.33 bits per heavy atom. The third kappa shape index (κ3) is 5.52. The number of hydrogen-bond acceptors (Lipinski definition) is 6. The standard InChI is InChI=1S/C23H30N6O3S/c1-13(15-6-8-16(9-7-15)19-14(2)25-12-33-19)26-21(31)18-10-17(30)11-29(18)22(32)20(27-28-24)23(3,4)5/h6-9,12-13,17-18,20,30H,10-11H2,1-5H3,(H,26,31)/t13-,17?,18?,20+/m0/s1. The first kappa shape index (κ1) is 24.7. The highest BCUT2D eigenvalue weighted by Gasteiger charge is 2.43. The molecule has 1 fully saturated rings. The SMILES string of the molecule is Cc1ncsc1-c1ccc([C@H](C)NC(=O)C2CC(O)CN2C(=O)[C@@H](N=[N+]=[N-])C(C)(C)C)cc1. The topological polar surface area (TPSA) is 131 Å². The van der Waals surface area contributed by atoms with Crippen LogP contribution >= 0.6 is 11.3 Å². The van der Waals surface area contributed by atoms with Crippen molar-refractivity contribution in [3.63, 3.8) is 0 Å². The molecule has 2 aromatic rings. The number of β-amino-alcohol motifs (C(OH)–C–C–N with tert-alkyl or cyclic N) is 1. The summed E-state index contributed by atoms with van der Waals surface area (Å²) in [6, 6.07) is 5.84. The molecule has 4 atom stereocenters. The molecule has 176 valence electrons. The molecule has 2 amide bonds. The van der Waals surface area contributed by atoms with Crippen LogP contribution in [0.25, 0.3) is 20.9 Å². The molecule has 33 heavy (non-hydrogen) atoms. The second-order valence-electron chi connectivity index (χ2n) is 9.49. The number of carbonyl (C=O) groups excluding carboxylic acids is 2. The van der Waals surface area contributed by atoms with Gasteiger partial charge in [-0.05, 0) is 35.9 Å². The fourth-order valence-electron chi connectivity index (χ4n) is 4.00. The summed E-state index contributed by atoms with van der Waals surface area (Å²) in [6.07, 6.45) is -0.672. The lowest BCUT2D eigenvalue weighted by atomic mass is 9.86. The number of rotatable bonds is 6. The molecule has 2 N–H and O–H groups in total. The predicted molar refractivity (Wildman–Crippen MR) is 127 cm³/mol. The second kappa shape index (κ2) is 9.91. The maximum Gasteiger partial charge on any atom is 0.243 e. The normalized spacial score (nSPS) is 20.1. The maximum atomic E-state index is 13.1. The number of carbonyl (C=O) groups is 2. The van der Waals surface area contributed by atoms with Crippen molar-refractivity contribution < 1.29 is 14.7 Å². The zero-order valence-electron chi connectivity index (χ0n) is 19.5. The van der Waals surface area contributed by atoms with Crippen LogP contribution < -0.4 is 5.32 Å². The van der Waals surface area contributed by atoms with Gasteiger partial charge < -0.3 is 15.3 Å². The van der Waals surface area contributed by atoms with E-state index in [1.165, 1.54) is 4.90 Å². The van der Waals surface area contributed by atoms with E-state index in [0.717, 1.165) is 21.7 Å². The van der Waals surface area contributed by atoms with Gasteiger partial charge in [-0.1, -0.05) is 50.2 Å². The lowest BCUT2D eigenvalue weighted by molar-refractivity contribution is -0.141. The van der Waals surface area contributed by atoms with Gasteiger partial charge in [0.1, 0.15) is 12.1 Å². The second-order valence-corrected chi connectivity index (χ2v) is 10.3. The molecule has 0 radical (unpaired) electrons. The molecule has 0 spiro atoms. The third-order valence-corrected chi connectivity index (χ3v) is 6.84. The van der Waals surface area contributed by atoms with E-state index in [0.29, 0.717) is 0 Å². The molecular formula is C23H30N6O3S. The van der Waals surface area contributed by atoms with Crippen LogP contribution in [0, 0.1) is 12.3 Å². The van der Waals surface area contributed by atoms with Crippen LogP contribution in [-0.4, -0.2) is 51.5 Å². The first-order valence-electron chi connectivity index (χ1n) is 10.9. The van der Waals surface area contributed by atoms with Gasteiger partial charge in [0.05, 0.1) is 28.2 Å². The fraction of sp³-hybridized carbons (Fsp3) is 0.522. The summed E-state index contributed by atoms with van der Waals surface area (Å²) in [5, 5.41) is 16.8. The maximum absolute atomic E-state index is 13.1. The summed E-state index contributed by atoms with van der Waals surface area (Å²) >= 11 is 1.58. The van der Waals surface area contributed by atoms with Crippen LogP contribution in [0.15, 0.2) is 34.9 Å². The zero-order valence-corrected chi connectivity index (χ0v) is 20.3. The minimum absolute atomic E-state index is 0.0295. The van der Waals surface area contributed by atoms with Crippen molar-refractivity contribution in [2.45, 2.75) is 65.3 Å². The fourth-order valence-corrected chi connectivity index (χ4v) is 4.81. The number of likely N-dealkylation sites (tertiary alicyclic amines) is 1. The highest BCUT2D eigenvalue weighted by Crippen LogP contribution is 2.30. The Bertz CT molecular complexity index is 1050. The highest BCUT2D eigenvalue weighted by molar-refractivity contribution is 7.13. The molecule has 2 heterocycles. The van der Waals surface area contributed by atoms with Crippen molar-refractivity contribution in [3.05, 3.63) is 51.5 Å². The lowest BCUT2D eigenvalue weighted by Crippen LogP contribution is -2.51. The number of aliphatic hydroxyl groups is 1. The number of aromatic nitrogens is 1. The Balaban J connectivity index is 1.73. The Kier molecular flexibility index (Phi) is 7.41. The van der Waals surface area contributed by atoms with E-state index in [1.807, 2.05) is 43.6 Å². The van der Waals surface area contributed by atoms with Crippen LogP contribution in [0.2, 0.25) is 0 Å². The van der Waals surface area contributed by atoms with Gasteiger partial charge in [-0.15, -0.1) is 11.3 Å². The number of hydrogen-bond donors (Lipinski definition) is 2. The predicted octanol–water partition coefficient (Wildman–Crippen LogP) is 3.98. The molecule has 1 aromatic carbocycles. The Hall–Kier alpha value is -2.94. The van der Waals surface area contributed by atoms with Crippen molar-refractivity contribution in [1.82, 2.24) is 15.2 Å². The molecule has 0 bridgehead atoms. The average molecular weight is 471 g/mol. The van der Waals surface area contributed by atoms with Gasteiger partial charge >= 0.3 is 0 Å². The monoisotopic (exact) mass is 470 g/mol. The van der Waals surface area contributed by atoms with E-state index in [2.05, 4.69) is 20.3 Å². The number of thiazole rings is 1. The molecule has 1 aliphatic heterocycles. The van der Waals surface area contributed by atoms with Crippen molar-refractivity contribution in [1.29, 1.82) is 0 Å². The lowest BCUT2D eigenvalue weighted by Gasteiger charge is -2.32. The third-order valence-electron chi connectivity index (χ3n) is 5.86. The molecule has 2 unspecified atom stereocenters. The van der Waals surface area contributed by atoms with E-state index in [4.69, 9.17) is 5.53 Å². The molecule has 1 aromatic heterocycles. The van der Waals surface area contributed by atoms with Crippen LogP contribution in [0.3, 0.4) is 0 Å². The van der Waals surface area contributed by atoms with Crippen LogP contribution in [0.5, 0.6) is 0 Å². The smallest absolute Gasteiger partial charge is 0.243 e. The Labute approximate surface area is 197 Å². The molecule has 1 saturated heterocycles. The van der Waals surface area contributed by atoms with Gasteiger partial charge in [0.15, 0.2) is 0 Å². The number of amides is 2. The Morgan fingerprint density at radius 2 is 2.00 bits per heavy atom. The van der Waals surface area contributed by atoms with Gasteiger partial charge in [0, 0.05) is 17.9 Å². The van der Waals surface area contributed by atoms with Crippen molar-refractivity contribution in [2.75, 3.05) is 6.54 Å². The van der Waals surface area contributed by atoms with Crippen molar-refractivity contribution >= 4 is 23.2 Å².